The Hall–Kier alpha value is -2.41. The van der Waals surface area contributed by atoms with E-state index < -0.39 is 0 Å². The molecule has 0 N–H and O–H groups in total. The van der Waals surface area contributed by atoms with Crippen molar-refractivity contribution in [3.8, 4) is 0 Å². The van der Waals surface area contributed by atoms with E-state index in [2.05, 4.69) is 44.0 Å². The fourth-order valence-corrected chi connectivity index (χ4v) is 4.69. The number of imidazole rings is 2. The van der Waals surface area contributed by atoms with Gasteiger partial charge in [0.05, 0.1) is 29.0 Å². The number of rotatable bonds is 2. The van der Waals surface area contributed by atoms with E-state index >= 15 is 0 Å². The van der Waals surface area contributed by atoms with Crippen LogP contribution >= 0.6 is 11.6 Å². The first-order valence-corrected chi connectivity index (χ1v) is 10.1. The monoisotopic (exact) mass is 392 g/mol. The van der Waals surface area contributed by atoms with Gasteiger partial charge >= 0.3 is 0 Å². The third kappa shape index (κ3) is 2.56. The maximum Gasteiger partial charge on any atom is 0.138 e. The van der Waals surface area contributed by atoms with E-state index in [-0.39, 0.29) is 0 Å². The van der Waals surface area contributed by atoms with Gasteiger partial charge in [-0.2, -0.15) is 0 Å². The van der Waals surface area contributed by atoms with E-state index in [1.165, 1.54) is 22.6 Å². The number of likely N-dealkylation sites (N-methyl/N-ethyl adjacent to an activating group) is 1. The molecule has 3 aromatic heterocycles. The quantitative estimate of drug-likeness (QED) is 0.525. The molecule has 28 heavy (non-hydrogen) atoms. The first-order chi connectivity index (χ1) is 13.6. The molecule has 4 aromatic rings. The molecular weight excluding hydrogens is 372 g/mol. The number of pyridine rings is 1. The highest BCUT2D eigenvalue weighted by molar-refractivity contribution is 6.30. The second kappa shape index (κ2) is 6.04. The van der Waals surface area contributed by atoms with E-state index in [0.717, 1.165) is 61.1 Å². The molecule has 5 heterocycles. The van der Waals surface area contributed by atoms with Crippen LogP contribution in [0.2, 0.25) is 5.02 Å². The Morgan fingerprint density at radius 3 is 2.89 bits per heavy atom. The van der Waals surface area contributed by atoms with Crippen molar-refractivity contribution in [1.29, 1.82) is 0 Å². The highest BCUT2D eigenvalue weighted by atomic mass is 35.5. The molecule has 0 atom stereocenters. The summed E-state index contributed by atoms with van der Waals surface area (Å²) in [6.45, 7) is 5.72. The van der Waals surface area contributed by atoms with Crippen molar-refractivity contribution in [1.82, 2.24) is 28.7 Å². The first-order valence-electron chi connectivity index (χ1n) is 9.68. The van der Waals surface area contributed by atoms with Crippen molar-refractivity contribution >= 4 is 28.3 Å². The molecule has 142 valence electrons. The van der Waals surface area contributed by atoms with Crippen LogP contribution in [0.5, 0.6) is 0 Å². The molecular formula is C21H21ClN6. The van der Waals surface area contributed by atoms with Crippen LogP contribution < -0.4 is 0 Å². The van der Waals surface area contributed by atoms with Crippen molar-refractivity contribution in [2.24, 2.45) is 0 Å². The van der Waals surface area contributed by atoms with E-state index in [1.807, 2.05) is 18.3 Å². The zero-order valence-corrected chi connectivity index (χ0v) is 16.5. The van der Waals surface area contributed by atoms with Gasteiger partial charge in [0.25, 0.3) is 0 Å². The molecule has 0 unspecified atom stereocenters. The molecule has 7 heteroatoms. The minimum absolute atomic E-state index is 0.733. The summed E-state index contributed by atoms with van der Waals surface area (Å²) in [6.07, 6.45) is 2.02. The van der Waals surface area contributed by atoms with E-state index in [9.17, 15) is 0 Å². The van der Waals surface area contributed by atoms with Gasteiger partial charge in [0.15, 0.2) is 0 Å². The molecule has 2 aliphatic rings. The number of halogens is 1. The Labute approximate surface area is 168 Å². The van der Waals surface area contributed by atoms with Crippen molar-refractivity contribution in [2.75, 3.05) is 13.6 Å². The predicted molar refractivity (Wildman–Crippen MR) is 109 cm³/mol. The maximum absolute atomic E-state index is 6.10. The number of hydrogen-bond donors (Lipinski definition) is 0. The summed E-state index contributed by atoms with van der Waals surface area (Å²) < 4.78 is 4.54. The minimum atomic E-state index is 0.733. The molecule has 0 spiro atoms. The van der Waals surface area contributed by atoms with Crippen LogP contribution in [0.3, 0.4) is 0 Å². The molecule has 0 fully saturated rings. The lowest BCUT2D eigenvalue weighted by Gasteiger charge is -2.23. The molecule has 0 saturated carbocycles. The van der Waals surface area contributed by atoms with Crippen LogP contribution in [0.4, 0.5) is 0 Å². The number of aromatic nitrogens is 4. The molecule has 6 rings (SSSR count). The molecule has 0 saturated heterocycles. The van der Waals surface area contributed by atoms with Gasteiger partial charge in [-0.15, -0.1) is 0 Å². The van der Waals surface area contributed by atoms with E-state index in [4.69, 9.17) is 21.6 Å². The maximum atomic E-state index is 6.10. The molecule has 0 aliphatic carbocycles. The van der Waals surface area contributed by atoms with Crippen LogP contribution in [0.15, 0.2) is 36.5 Å². The van der Waals surface area contributed by atoms with Gasteiger partial charge in [0, 0.05) is 50.0 Å². The summed E-state index contributed by atoms with van der Waals surface area (Å²) >= 11 is 6.10. The number of fused-ring (bicyclic) bond motifs is 6. The van der Waals surface area contributed by atoms with Crippen molar-refractivity contribution in [2.45, 2.75) is 32.7 Å². The zero-order chi connectivity index (χ0) is 18.8. The summed E-state index contributed by atoms with van der Waals surface area (Å²) in [6, 6.07) is 10.6. The summed E-state index contributed by atoms with van der Waals surface area (Å²) in [4.78, 5) is 14.4. The van der Waals surface area contributed by atoms with Gasteiger partial charge in [0.1, 0.15) is 11.5 Å². The Bertz CT molecular complexity index is 1220. The van der Waals surface area contributed by atoms with Gasteiger partial charge < -0.3 is 8.97 Å². The Kier molecular flexibility index (Phi) is 3.57. The van der Waals surface area contributed by atoms with Crippen molar-refractivity contribution in [3.63, 3.8) is 0 Å². The normalized spacial score (nSPS) is 17.5. The highest BCUT2D eigenvalue weighted by Crippen LogP contribution is 2.28. The molecule has 0 bridgehead atoms. The average Bonchev–Trinajstić information content (AvgIpc) is 3.31. The standard InChI is InChI=1S/C21H21ClN6/c1-25-6-7-28-18-8-14(2-3-16(18)23-21(28)13-25)10-26-11-17-19(12-26)27-5-4-15(22)9-20(27)24-17/h2-5,8-9H,6-7,10-13H2,1H3. The van der Waals surface area contributed by atoms with Crippen LogP contribution in [-0.2, 0) is 32.7 Å². The zero-order valence-electron chi connectivity index (χ0n) is 15.8. The van der Waals surface area contributed by atoms with Gasteiger partial charge in [0.2, 0.25) is 0 Å². The van der Waals surface area contributed by atoms with Crippen LogP contribution in [0.1, 0.15) is 22.8 Å². The minimum Gasteiger partial charge on any atom is -0.326 e. The molecule has 0 radical (unpaired) electrons. The number of benzene rings is 1. The largest absolute Gasteiger partial charge is 0.326 e. The van der Waals surface area contributed by atoms with Gasteiger partial charge in [-0.3, -0.25) is 9.80 Å². The molecule has 0 amide bonds. The van der Waals surface area contributed by atoms with E-state index in [1.54, 1.807) is 0 Å². The lowest BCUT2D eigenvalue weighted by Crippen LogP contribution is -2.30. The predicted octanol–water partition coefficient (Wildman–Crippen LogP) is 3.30. The Morgan fingerprint density at radius 2 is 1.96 bits per heavy atom. The third-order valence-electron chi connectivity index (χ3n) is 5.93. The summed E-state index contributed by atoms with van der Waals surface area (Å²) in [5.41, 5.74) is 7.07. The van der Waals surface area contributed by atoms with Gasteiger partial charge in [-0.1, -0.05) is 17.7 Å². The fourth-order valence-electron chi connectivity index (χ4n) is 4.54. The highest BCUT2D eigenvalue weighted by Gasteiger charge is 2.25. The Balaban J connectivity index is 1.27. The number of nitrogens with zero attached hydrogens (tertiary/aromatic N) is 6. The van der Waals surface area contributed by atoms with Crippen molar-refractivity contribution in [3.05, 3.63) is 64.3 Å². The second-order valence-corrected chi connectivity index (χ2v) is 8.40. The summed E-state index contributed by atoms with van der Waals surface area (Å²) in [5.74, 6) is 1.17. The second-order valence-electron chi connectivity index (χ2n) is 7.96. The lowest BCUT2D eigenvalue weighted by atomic mass is 10.2. The lowest BCUT2D eigenvalue weighted by molar-refractivity contribution is 0.267. The fraction of sp³-hybridized carbons (Fsp3) is 0.333. The van der Waals surface area contributed by atoms with Crippen LogP contribution in [-0.4, -0.2) is 42.3 Å². The van der Waals surface area contributed by atoms with Gasteiger partial charge in [-0.05, 0) is 30.8 Å². The average molecular weight is 393 g/mol. The molecule has 6 nitrogen and oxygen atoms in total. The SMILES string of the molecule is CN1CCn2c(nc3ccc(CN4Cc5nc6cc(Cl)ccn6c5C4)cc32)C1. The third-order valence-corrected chi connectivity index (χ3v) is 6.17. The smallest absolute Gasteiger partial charge is 0.138 e. The number of hydrogen-bond acceptors (Lipinski definition) is 4. The van der Waals surface area contributed by atoms with Crippen LogP contribution in [0, 0.1) is 0 Å². The first kappa shape index (κ1) is 16.5. The summed E-state index contributed by atoms with van der Waals surface area (Å²) in [7, 11) is 2.16. The molecule has 2 aliphatic heterocycles. The summed E-state index contributed by atoms with van der Waals surface area (Å²) in [5, 5.41) is 0.733. The van der Waals surface area contributed by atoms with E-state index in [0.29, 0.717) is 0 Å². The van der Waals surface area contributed by atoms with Gasteiger partial charge in [-0.25, -0.2) is 9.97 Å². The van der Waals surface area contributed by atoms with Crippen LogP contribution in [0.25, 0.3) is 16.7 Å². The topological polar surface area (TPSA) is 41.6 Å². The molecule has 1 aromatic carbocycles. The Morgan fingerprint density at radius 1 is 1.04 bits per heavy atom. The van der Waals surface area contributed by atoms with Crippen molar-refractivity contribution < 1.29 is 0 Å².